The molecule has 17 heavy (non-hydrogen) atoms. The first-order valence-corrected chi connectivity index (χ1v) is 5.09. The van der Waals surface area contributed by atoms with Crippen molar-refractivity contribution in [2.75, 3.05) is 0 Å². The summed E-state index contributed by atoms with van der Waals surface area (Å²) in [6.07, 6.45) is -5.07. The fraction of sp³-hybridized carbons (Fsp3) is 0.400. The summed E-state index contributed by atoms with van der Waals surface area (Å²) in [6.45, 7) is 1.57. The first-order valence-electron chi connectivity index (χ1n) is 4.55. The zero-order valence-electron chi connectivity index (χ0n) is 8.81. The van der Waals surface area contributed by atoms with E-state index in [2.05, 4.69) is 9.72 Å². The van der Waals surface area contributed by atoms with Gasteiger partial charge in [-0.15, -0.1) is 24.8 Å². The second kappa shape index (κ2) is 5.23. The molecule has 0 saturated heterocycles. The fourth-order valence-corrected chi connectivity index (χ4v) is 1.49. The van der Waals surface area contributed by atoms with Crippen LogP contribution in [0, 0.1) is 18.3 Å². The van der Waals surface area contributed by atoms with Crippen LogP contribution in [0.15, 0.2) is 6.07 Å². The van der Waals surface area contributed by atoms with Crippen LogP contribution < -0.4 is 4.74 Å². The van der Waals surface area contributed by atoms with Crippen molar-refractivity contribution in [1.82, 2.24) is 4.98 Å². The molecule has 0 spiro atoms. The average molecular weight is 265 g/mol. The Balaban J connectivity index is 3.19. The minimum Gasteiger partial charge on any atom is -0.404 e. The van der Waals surface area contributed by atoms with Crippen LogP contribution in [0.5, 0.6) is 5.75 Å². The van der Waals surface area contributed by atoms with Crippen molar-refractivity contribution < 1.29 is 17.9 Å². The van der Waals surface area contributed by atoms with Crippen molar-refractivity contribution in [2.45, 2.75) is 25.6 Å². The molecule has 0 aliphatic carbocycles. The Kier molecular flexibility index (Phi) is 4.18. The molecule has 0 N–H and O–H groups in total. The molecule has 1 heterocycles. The number of pyridine rings is 1. The second-order valence-corrected chi connectivity index (χ2v) is 3.48. The Hall–Kier alpha value is -1.48. The highest BCUT2D eigenvalue weighted by Crippen LogP contribution is 2.28. The average Bonchev–Trinajstić information content (AvgIpc) is 2.20. The van der Waals surface area contributed by atoms with Crippen molar-refractivity contribution in [3.8, 4) is 11.8 Å². The van der Waals surface area contributed by atoms with E-state index in [-0.39, 0.29) is 18.0 Å². The maximum Gasteiger partial charge on any atom is 0.573 e. The lowest BCUT2D eigenvalue weighted by molar-refractivity contribution is -0.275. The first kappa shape index (κ1) is 13.6. The van der Waals surface area contributed by atoms with Crippen molar-refractivity contribution in [1.29, 1.82) is 5.26 Å². The number of nitrogens with zero attached hydrogens (tertiary/aromatic N) is 2. The number of aromatic nitrogens is 1. The van der Waals surface area contributed by atoms with E-state index in [9.17, 15) is 13.2 Å². The summed E-state index contributed by atoms with van der Waals surface area (Å²) in [7, 11) is 0. The van der Waals surface area contributed by atoms with Gasteiger partial charge < -0.3 is 4.74 Å². The molecular formula is C10H8ClF3N2O. The highest BCUT2D eigenvalue weighted by atomic mass is 35.5. The van der Waals surface area contributed by atoms with Gasteiger partial charge in [-0.1, -0.05) is 0 Å². The number of aryl methyl sites for hydroxylation is 1. The van der Waals surface area contributed by atoms with E-state index >= 15 is 0 Å². The van der Waals surface area contributed by atoms with E-state index in [0.717, 1.165) is 0 Å². The predicted molar refractivity (Wildman–Crippen MR) is 54.5 cm³/mol. The minimum atomic E-state index is -4.80. The molecule has 3 nitrogen and oxygen atoms in total. The number of rotatable bonds is 3. The number of halogens is 4. The maximum absolute atomic E-state index is 12.1. The number of hydrogen-bond donors (Lipinski definition) is 0. The van der Waals surface area contributed by atoms with E-state index in [1.807, 2.05) is 0 Å². The lowest BCUT2D eigenvalue weighted by Crippen LogP contribution is -2.19. The topological polar surface area (TPSA) is 45.9 Å². The Labute approximate surface area is 101 Å². The van der Waals surface area contributed by atoms with Crippen molar-refractivity contribution in [3.05, 3.63) is 23.0 Å². The van der Waals surface area contributed by atoms with Gasteiger partial charge in [0, 0.05) is 0 Å². The van der Waals surface area contributed by atoms with Crippen LogP contribution in [0.1, 0.15) is 17.0 Å². The van der Waals surface area contributed by atoms with Crippen LogP contribution in [0.4, 0.5) is 13.2 Å². The van der Waals surface area contributed by atoms with Gasteiger partial charge in [-0.2, -0.15) is 5.26 Å². The molecule has 0 bridgehead atoms. The van der Waals surface area contributed by atoms with Crippen LogP contribution in [0.3, 0.4) is 0 Å². The standard InChI is InChI=1S/C10H8ClF3N2O/c1-6-4-9(17-10(12,13)14)7(2-3-15)16-8(6)5-11/h4H,2,5H2,1H3. The monoisotopic (exact) mass is 264 g/mol. The maximum atomic E-state index is 12.1. The van der Waals surface area contributed by atoms with E-state index in [1.165, 1.54) is 6.07 Å². The zero-order chi connectivity index (χ0) is 13.1. The van der Waals surface area contributed by atoms with Crippen LogP contribution in [-0.4, -0.2) is 11.3 Å². The summed E-state index contributed by atoms with van der Waals surface area (Å²) in [5, 5.41) is 8.52. The third-order valence-corrected chi connectivity index (χ3v) is 2.21. The van der Waals surface area contributed by atoms with Crippen molar-refractivity contribution in [3.63, 3.8) is 0 Å². The predicted octanol–water partition coefficient (Wildman–Crippen LogP) is 3.09. The van der Waals surface area contributed by atoms with Gasteiger partial charge >= 0.3 is 6.36 Å². The summed E-state index contributed by atoms with van der Waals surface area (Å²) < 4.78 is 40.2. The highest BCUT2D eigenvalue weighted by molar-refractivity contribution is 6.17. The molecule has 0 aliphatic heterocycles. The van der Waals surface area contributed by atoms with Crippen molar-refractivity contribution >= 4 is 11.6 Å². The second-order valence-electron chi connectivity index (χ2n) is 3.21. The molecule has 1 aromatic heterocycles. The summed E-state index contributed by atoms with van der Waals surface area (Å²) in [5.74, 6) is -0.387. The molecule has 92 valence electrons. The van der Waals surface area contributed by atoms with Gasteiger partial charge in [-0.25, -0.2) is 0 Å². The normalized spacial score (nSPS) is 11.1. The smallest absolute Gasteiger partial charge is 0.404 e. The largest absolute Gasteiger partial charge is 0.573 e. The molecular weight excluding hydrogens is 257 g/mol. The van der Waals surface area contributed by atoms with Gasteiger partial charge in [-0.3, -0.25) is 4.98 Å². The number of alkyl halides is 4. The van der Waals surface area contributed by atoms with Gasteiger partial charge in [-0.05, 0) is 18.6 Å². The summed E-state index contributed by atoms with van der Waals surface area (Å²) in [6, 6.07) is 2.91. The van der Waals surface area contributed by atoms with Gasteiger partial charge in [0.05, 0.1) is 29.8 Å². The number of nitriles is 1. The summed E-state index contributed by atoms with van der Waals surface area (Å²) >= 11 is 5.58. The summed E-state index contributed by atoms with van der Waals surface area (Å²) in [4.78, 5) is 3.89. The minimum absolute atomic E-state index is 0.0638. The van der Waals surface area contributed by atoms with Gasteiger partial charge in [0.1, 0.15) is 0 Å². The zero-order valence-corrected chi connectivity index (χ0v) is 9.56. The Morgan fingerprint density at radius 2 is 2.12 bits per heavy atom. The van der Waals surface area contributed by atoms with Crippen LogP contribution in [0.25, 0.3) is 0 Å². The highest BCUT2D eigenvalue weighted by Gasteiger charge is 2.32. The van der Waals surface area contributed by atoms with Gasteiger partial charge in [0.15, 0.2) is 5.75 Å². The molecule has 0 amide bonds. The van der Waals surface area contributed by atoms with Gasteiger partial charge in [0.2, 0.25) is 0 Å². The molecule has 0 fully saturated rings. The van der Waals surface area contributed by atoms with E-state index in [1.54, 1.807) is 13.0 Å². The van der Waals surface area contributed by atoms with Crippen molar-refractivity contribution in [2.24, 2.45) is 0 Å². The molecule has 0 radical (unpaired) electrons. The molecule has 7 heteroatoms. The lowest BCUT2D eigenvalue weighted by atomic mass is 10.1. The Bertz CT molecular complexity index is 454. The van der Waals surface area contributed by atoms with E-state index < -0.39 is 12.1 Å². The Morgan fingerprint density at radius 3 is 2.59 bits per heavy atom. The summed E-state index contributed by atoms with van der Waals surface area (Å²) in [5.41, 5.74) is 0.860. The van der Waals surface area contributed by atoms with Gasteiger partial charge in [0.25, 0.3) is 0 Å². The third kappa shape index (κ3) is 3.79. The number of ether oxygens (including phenoxy) is 1. The molecule has 0 aliphatic rings. The molecule has 0 aromatic carbocycles. The molecule has 0 unspecified atom stereocenters. The van der Waals surface area contributed by atoms with Crippen LogP contribution in [-0.2, 0) is 12.3 Å². The quantitative estimate of drug-likeness (QED) is 0.788. The number of hydrogen-bond acceptors (Lipinski definition) is 3. The van der Waals surface area contributed by atoms with E-state index in [0.29, 0.717) is 11.3 Å². The molecule has 1 rings (SSSR count). The van der Waals surface area contributed by atoms with Crippen LogP contribution >= 0.6 is 11.6 Å². The lowest BCUT2D eigenvalue weighted by Gasteiger charge is -2.13. The van der Waals surface area contributed by atoms with E-state index in [4.69, 9.17) is 16.9 Å². The molecule has 0 saturated carbocycles. The fourth-order valence-electron chi connectivity index (χ4n) is 1.22. The third-order valence-electron chi connectivity index (χ3n) is 1.96. The molecule has 1 aromatic rings. The molecule has 0 atom stereocenters. The van der Waals surface area contributed by atoms with Crippen LogP contribution in [0.2, 0.25) is 0 Å². The SMILES string of the molecule is Cc1cc(OC(F)(F)F)c(CC#N)nc1CCl. The first-order chi connectivity index (χ1) is 7.87. The Morgan fingerprint density at radius 1 is 1.47 bits per heavy atom.